The van der Waals surface area contributed by atoms with Gasteiger partial charge in [0.05, 0.1) is 18.2 Å². The normalized spacial score (nSPS) is 20.2. The minimum atomic E-state index is -0.00417. The lowest BCUT2D eigenvalue weighted by Crippen LogP contribution is -2.35. The summed E-state index contributed by atoms with van der Waals surface area (Å²) < 4.78 is 6.19. The molecule has 2 rings (SSSR count). The van der Waals surface area contributed by atoms with E-state index in [2.05, 4.69) is 27.9 Å². The maximum Gasteiger partial charge on any atom is 0.252 e. The molecule has 1 aliphatic rings. The van der Waals surface area contributed by atoms with Crippen LogP contribution in [-0.2, 0) is 4.74 Å². The predicted octanol–water partition coefficient (Wildman–Crippen LogP) is 1.81. The van der Waals surface area contributed by atoms with Gasteiger partial charge in [-0.15, -0.1) is 0 Å². The van der Waals surface area contributed by atoms with Crippen LogP contribution in [0.4, 0.5) is 0 Å². The summed E-state index contributed by atoms with van der Waals surface area (Å²) in [6, 6.07) is 7.75. The zero-order valence-corrected chi connectivity index (χ0v) is 10.4. The van der Waals surface area contributed by atoms with Gasteiger partial charge in [0.15, 0.2) is 0 Å². The predicted molar refractivity (Wildman–Crippen MR) is 65.8 cm³/mol. The van der Waals surface area contributed by atoms with Crippen LogP contribution in [-0.4, -0.2) is 25.2 Å². The van der Waals surface area contributed by atoms with E-state index in [1.54, 1.807) is 0 Å². The Kier molecular flexibility index (Phi) is 3.58. The van der Waals surface area contributed by atoms with Crippen LogP contribution in [0.25, 0.3) is 0 Å². The number of hydrogen-bond donors (Lipinski definition) is 1. The Morgan fingerprint density at radius 1 is 1.47 bits per heavy atom. The standard InChI is InChI=1S/C11H12INO2/c12-10-4-2-1-3-9(10)11(14)13-8-5-6-15-7-8/h1-4,8H,5-7H2,(H,13,14). The third-order valence-corrected chi connectivity index (χ3v) is 3.32. The first-order chi connectivity index (χ1) is 7.27. The average molecular weight is 317 g/mol. The van der Waals surface area contributed by atoms with Gasteiger partial charge in [0, 0.05) is 10.2 Å². The number of carbonyl (C=O) groups is 1. The van der Waals surface area contributed by atoms with Crippen molar-refractivity contribution in [3.05, 3.63) is 33.4 Å². The monoisotopic (exact) mass is 317 g/mol. The first-order valence-electron chi connectivity index (χ1n) is 4.90. The number of benzene rings is 1. The molecule has 0 aromatic heterocycles. The highest BCUT2D eigenvalue weighted by Crippen LogP contribution is 2.12. The zero-order valence-electron chi connectivity index (χ0n) is 8.20. The quantitative estimate of drug-likeness (QED) is 0.845. The molecule has 1 N–H and O–H groups in total. The summed E-state index contributed by atoms with van der Waals surface area (Å²) in [4.78, 5) is 11.9. The molecular formula is C11H12INO2. The number of carbonyl (C=O) groups excluding carboxylic acids is 1. The fraction of sp³-hybridized carbons (Fsp3) is 0.364. The summed E-state index contributed by atoms with van der Waals surface area (Å²) in [7, 11) is 0. The minimum absolute atomic E-state index is 0.00417. The van der Waals surface area contributed by atoms with Crippen molar-refractivity contribution in [2.45, 2.75) is 12.5 Å². The van der Waals surface area contributed by atoms with Crippen LogP contribution in [0.2, 0.25) is 0 Å². The van der Waals surface area contributed by atoms with Crippen LogP contribution in [0.1, 0.15) is 16.8 Å². The van der Waals surface area contributed by atoms with E-state index in [1.165, 1.54) is 0 Å². The fourth-order valence-electron chi connectivity index (χ4n) is 1.56. The summed E-state index contributed by atoms with van der Waals surface area (Å²) in [5, 5.41) is 2.97. The first kappa shape index (κ1) is 10.9. The first-order valence-corrected chi connectivity index (χ1v) is 5.98. The maximum absolute atomic E-state index is 11.9. The van der Waals surface area contributed by atoms with Gasteiger partial charge < -0.3 is 10.1 Å². The van der Waals surface area contributed by atoms with Crippen molar-refractivity contribution in [1.82, 2.24) is 5.32 Å². The van der Waals surface area contributed by atoms with Crippen molar-refractivity contribution in [2.24, 2.45) is 0 Å². The fourth-order valence-corrected chi connectivity index (χ4v) is 2.19. The average Bonchev–Trinajstić information content (AvgIpc) is 2.71. The summed E-state index contributed by atoms with van der Waals surface area (Å²) in [6.45, 7) is 1.38. The van der Waals surface area contributed by atoms with E-state index in [4.69, 9.17) is 4.74 Å². The van der Waals surface area contributed by atoms with E-state index in [0.717, 1.165) is 22.2 Å². The van der Waals surface area contributed by atoms with Gasteiger partial charge in [0.2, 0.25) is 0 Å². The molecule has 1 aromatic carbocycles. The largest absolute Gasteiger partial charge is 0.379 e. The van der Waals surface area contributed by atoms with Gasteiger partial charge in [0.25, 0.3) is 5.91 Å². The van der Waals surface area contributed by atoms with E-state index in [0.29, 0.717) is 6.61 Å². The van der Waals surface area contributed by atoms with Crippen molar-refractivity contribution >= 4 is 28.5 Å². The van der Waals surface area contributed by atoms with Gasteiger partial charge in [-0.1, -0.05) is 12.1 Å². The van der Waals surface area contributed by atoms with Gasteiger partial charge in [-0.3, -0.25) is 4.79 Å². The molecule has 1 unspecified atom stereocenters. The van der Waals surface area contributed by atoms with Crippen LogP contribution in [0.3, 0.4) is 0 Å². The second-order valence-electron chi connectivity index (χ2n) is 3.51. The summed E-state index contributed by atoms with van der Waals surface area (Å²) in [5.41, 5.74) is 0.741. The van der Waals surface area contributed by atoms with Crippen molar-refractivity contribution in [3.8, 4) is 0 Å². The van der Waals surface area contributed by atoms with Crippen molar-refractivity contribution < 1.29 is 9.53 Å². The third kappa shape index (κ3) is 2.69. The van der Waals surface area contributed by atoms with E-state index < -0.39 is 0 Å². The zero-order chi connectivity index (χ0) is 10.7. The van der Waals surface area contributed by atoms with Crippen molar-refractivity contribution in [2.75, 3.05) is 13.2 Å². The summed E-state index contributed by atoms with van der Waals surface area (Å²) >= 11 is 2.17. The minimum Gasteiger partial charge on any atom is -0.379 e. The van der Waals surface area contributed by atoms with Crippen LogP contribution in [0.15, 0.2) is 24.3 Å². The molecule has 0 aliphatic carbocycles. The van der Waals surface area contributed by atoms with Gasteiger partial charge >= 0.3 is 0 Å². The molecule has 1 atom stereocenters. The lowest BCUT2D eigenvalue weighted by molar-refractivity contribution is 0.0929. The second kappa shape index (κ2) is 4.94. The molecule has 1 amide bonds. The molecule has 15 heavy (non-hydrogen) atoms. The van der Waals surface area contributed by atoms with Gasteiger partial charge in [0.1, 0.15) is 0 Å². The number of hydrogen-bond acceptors (Lipinski definition) is 2. The summed E-state index contributed by atoms with van der Waals surface area (Å²) in [6.07, 6.45) is 0.912. The molecule has 1 aromatic rings. The molecule has 1 aliphatic heterocycles. The number of halogens is 1. The molecule has 3 nitrogen and oxygen atoms in total. The molecule has 0 radical (unpaired) electrons. The molecule has 1 saturated heterocycles. The SMILES string of the molecule is O=C(NC1CCOC1)c1ccccc1I. The number of nitrogens with one attached hydrogen (secondary N) is 1. The van der Waals surface area contributed by atoms with E-state index in [9.17, 15) is 4.79 Å². The highest BCUT2D eigenvalue weighted by atomic mass is 127. The van der Waals surface area contributed by atoms with Gasteiger partial charge in [-0.2, -0.15) is 0 Å². The van der Waals surface area contributed by atoms with E-state index in [1.807, 2.05) is 24.3 Å². The number of rotatable bonds is 2. The Labute approximate surface area is 102 Å². The molecule has 1 heterocycles. The molecule has 80 valence electrons. The van der Waals surface area contributed by atoms with Crippen molar-refractivity contribution in [1.29, 1.82) is 0 Å². The Morgan fingerprint density at radius 2 is 2.27 bits per heavy atom. The second-order valence-corrected chi connectivity index (χ2v) is 4.68. The summed E-state index contributed by atoms with van der Waals surface area (Å²) in [5.74, 6) is -0.00417. The number of ether oxygens (including phenoxy) is 1. The molecule has 1 fully saturated rings. The molecule has 0 bridgehead atoms. The molecular weight excluding hydrogens is 305 g/mol. The Bertz CT molecular complexity index is 361. The highest BCUT2D eigenvalue weighted by Gasteiger charge is 2.19. The number of amides is 1. The van der Waals surface area contributed by atoms with Crippen LogP contribution < -0.4 is 5.32 Å². The van der Waals surface area contributed by atoms with Crippen LogP contribution in [0, 0.1) is 3.57 Å². The maximum atomic E-state index is 11.9. The van der Waals surface area contributed by atoms with Gasteiger partial charge in [-0.25, -0.2) is 0 Å². The topological polar surface area (TPSA) is 38.3 Å². The molecule has 0 saturated carbocycles. The Morgan fingerprint density at radius 3 is 2.93 bits per heavy atom. The molecule has 0 spiro atoms. The van der Waals surface area contributed by atoms with Crippen LogP contribution in [0.5, 0.6) is 0 Å². The van der Waals surface area contributed by atoms with E-state index >= 15 is 0 Å². The van der Waals surface area contributed by atoms with Crippen molar-refractivity contribution in [3.63, 3.8) is 0 Å². The third-order valence-electron chi connectivity index (χ3n) is 2.38. The lowest BCUT2D eigenvalue weighted by atomic mass is 10.2. The van der Waals surface area contributed by atoms with Crippen LogP contribution >= 0.6 is 22.6 Å². The van der Waals surface area contributed by atoms with Gasteiger partial charge in [-0.05, 0) is 41.1 Å². The van der Waals surface area contributed by atoms with E-state index in [-0.39, 0.29) is 11.9 Å². The Hall–Kier alpha value is -0.620. The lowest BCUT2D eigenvalue weighted by Gasteiger charge is -2.11. The smallest absolute Gasteiger partial charge is 0.252 e. The molecule has 4 heteroatoms. The Balaban J connectivity index is 2.04. The highest BCUT2D eigenvalue weighted by molar-refractivity contribution is 14.1.